The maximum atomic E-state index is 12.7. The van der Waals surface area contributed by atoms with E-state index in [0.717, 1.165) is 0 Å². The molecule has 7 nitrogen and oxygen atoms in total. The van der Waals surface area contributed by atoms with Gasteiger partial charge in [-0.2, -0.15) is 0 Å². The number of nitrogens with zero attached hydrogens (tertiary/aromatic N) is 1. The zero-order valence-corrected chi connectivity index (χ0v) is 15.0. The zero-order valence-electron chi connectivity index (χ0n) is 14.2. The molecular weight excluding hydrogens is 344 g/mol. The number of sulfonamides is 1. The minimum Gasteiger partial charge on any atom is -0.497 e. The van der Waals surface area contributed by atoms with Crippen molar-refractivity contribution in [2.75, 3.05) is 30.4 Å². The molecule has 0 spiro atoms. The van der Waals surface area contributed by atoms with Gasteiger partial charge in [0.05, 0.1) is 24.3 Å². The first kappa shape index (κ1) is 18.6. The van der Waals surface area contributed by atoms with Gasteiger partial charge in [-0.15, -0.1) is 0 Å². The molecule has 2 aromatic carbocycles. The summed E-state index contributed by atoms with van der Waals surface area (Å²) in [5.74, 6) is 0.563. The number of rotatable bonds is 6. The van der Waals surface area contributed by atoms with Crippen molar-refractivity contribution in [3.8, 4) is 5.75 Å². The molecule has 0 aromatic heterocycles. The number of methoxy groups -OCH3 is 1. The Morgan fingerprint density at radius 2 is 1.84 bits per heavy atom. The molecule has 2 aromatic rings. The average Bonchev–Trinajstić information content (AvgIpc) is 2.61. The first-order chi connectivity index (χ1) is 11.9. The summed E-state index contributed by atoms with van der Waals surface area (Å²) in [6.45, 7) is 1.95. The number of anilines is 2. The number of hydrogen-bond donors (Lipinski definition) is 1. The van der Waals surface area contributed by atoms with Gasteiger partial charge in [0.2, 0.25) is 0 Å². The molecule has 1 N–H and O–H groups in total. The van der Waals surface area contributed by atoms with Gasteiger partial charge < -0.3 is 9.47 Å². The standard InChI is InChI=1S/C17H20N2O5S/c1-4-24-17(20)18-13-8-10-16(11-9-13)25(21,22)19(2)14-6-5-7-15(12-14)23-3/h5-12H,4H2,1-3H3,(H,18,20). The number of hydrogen-bond acceptors (Lipinski definition) is 5. The van der Waals surface area contributed by atoms with Gasteiger partial charge in [0.15, 0.2) is 0 Å². The van der Waals surface area contributed by atoms with Crippen molar-refractivity contribution in [3.63, 3.8) is 0 Å². The van der Waals surface area contributed by atoms with Crippen molar-refractivity contribution in [1.82, 2.24) is 0 Å². The first-order valence-corrected chi connectivity index (χ1v) is 8.99. The average molecular weight is 364 g/mol. The van der Waals surface area contributed by atoms with Gasteiger partial charge in [-0.3, -0.25) is 9.62 Å². The summed E-state index contributed by atoms with van der Waals surface area (Å²) in [5, 5.41) is 2.51. The van der Waals surface area contributed by atoms with Crippen molar-refractivity contribution in [2.45, 2.75) is 11.8 Å². The van der Waals surface area contributed by atoms with Crippen LogP contribution in [0.25, 0.3) is 0 Å². The third-order valence-electron chi connectivity index (χ3n) is 3.45. The fourth-order valence-electron chi connectivity index (χ4n) is 2.10. The zero-order chi connectivity index (χ0) is 18.4. The van der Waals surface area contributed by atoms with Gasteiger partial charge in [0.1, 0.15) is 5.75 Å². The normalized spacial score (nSPS) is 10.8. The summed E-state index contributed by atoms with van der Waals surface area (Å²) in [4.78, 5) is 11.5. The fourth-order valence-corrected chi connectivity index (χ4v) is 3.29. The van der Waals surface area contributed by atoms with Crippen LogP contribution in [0.1, 0.15) is 6.92 Å². The number of carbonyl (C=O) groups is 1. The van der Waals surface area contributed by atoms with Crippen LogP contribution in [0.15, 0.2) is 53.4 Å². The second kappa shape index (κ2) is 7.89. The second-order valence-corrected chi connectivity index (χ2v) is 7.01. The molecule has 0 saturated carbocycles. The molecule has 0 aliphatic heterocycles. The van der Waals surface area contributed by atoms with Crippen LogP contribution in [0.2, 0.25) is 0 Å². The highest BCUT2D eigenvalue weighted by molar-refractivity contribution is 7.92. The van der Waals surface area contributed by atoms with E-state index in [0.29, 0.717) is 17.1 Å². The number of benzene rings is 2. The van der Waals surface area contributed by atoms with Crippen LogP contribution in [-0.2, 0) is 14.8 Å². The minimum absolute atomic E-state index is 0.104. The summed E-state index contributed by atoms with van der Waals surface area (Å²) in [6, 6.07) is 12.6. The summed E-state index contributed by atoms with van der Waals surface area (Å²) >= 11 is 0. The Kier molecular flexibility index (Phi) is 5.87. The Hall–Kier alpha value is -2.74. The SMILES string of the molecule is CCOC(=O)Nc1ccc(S(=O)(=O)N(C)c2cccc(OC)c2)cc1. The predicted octanol–water partition coefficient (Wildman–Crippen LogP) is 3.09. The van der Waals surface area contributed by atoms with Gasteiger partial charge >= 0.3 is 6.09 Å². The molecule has 25 heavy (non-hydrogen) atoms. The lowest BCUT2D eigenvalue weighted by Gasteiger charge is -2.20. The van der Waals surface area contributed by atoms with Crippen LogP contribution in [0, 0.1) is 0 Å². The summed E-state index contributed by atoms with van der Waals surface area (Å²) in [5.41, 5.74) is 0.925. The van der Waals surface area contributed by atoms with Crippen LogP contribution in [0.4, 0.5) is 16.2 Å². The highest BCUT2D eigenvalue weighted by atomic mass is 32.2. The van der Waals surface area contributed by atoms with E-state index in [1.807, 2.05) is 0 Å². The topological polar surface area (TPSA) is 84.9 Å². The molecule has 0 heterocycles. The van der Waals surface area contributed by atoms with Crippen LogP contribution in [0.3, 0.4) is 0 Å². The Balaban J connectivity index is 2.22. The minimum atomic E-state index is -3.74. The van der Waals surface area contributed by atoms with Gasteiger partial charge in [0.25, 0.3) is 10.0 Å². The largest absolute Gasteiger partial charge is 0.497 e. The molecule has 8 heteroatoms. The summed E-state index contributed by atoms with van der Waals surface area (Å²) in [6.07, 6.45) is -0.591. The molecule has 0 aliphatic rings. The number of carbonyl (C=O) groups excluding carboxylic acids is 1. The highest BCUT2D eigenvalue weighted by Gasteiger charge is 2.21. The maximum Gasteiger partial charge on any atom is 0.411 e. The Bertz CT molecular complexity index is 834. The molecule has 0 radical (unpaired) electrons. The monoisotopic (exact) mass is 364 g/mol. The lowest BCUT2D eigenvalue weighted by atomic mass is 10.3. The maximum absolute atomic E-state index is 12.7. The molecule has 0 saturated heterocycles. The van der Waals surface area contributed by atoms with Crippen LogP contribution >= 0.6 is 0 Å². The third-order valence-corrected chi connectivity index (χ3v) is 5.25. The molecule has 2 rings (SSSR count). The molecular formula is C17H20N2O5S. The van der Waals surface area contributed by atoms with Gasteiger partial charge in [-0.1, -0.05) is 6.07 Å². The fraction of sp³-hybridized carbons (Fsp3) is 0.235. The van der Waals surface area contributed by atoms with E-state index in [-0.39, 0.29) is 11.5 Å². The molecule has 1 amide bonds. The van der Waals surface area contributed by atoms with E-state index in [2.05, 4.69) is 5.32 Å². The van der Waals surface area contributed by atoms with Gasteiger partial charge in [-0.05, 0) is 43.3 Å². The third kappa shape index (κ3) is 4.42. The molecule has 0 aliphatic carbocycles. The lowest BCUT2D eigenvalue weighted by molar-refractivity contribution is 0.168. The van der Waals surface area contributed by atoms with Crippen molar-refractivity contribution >= 4 is 27.5 Å². The van der Waals surface area contributed by atoms with E-state index in [1.54, 1.807) is 31.2 Å². The van der Waals surface area contributed by atoms with Gasteiger partial charge in [-0.25, -0.2) is 13.2 Å². The van der Waals surface area contributed by atoms with Gasteiger partial charge in [0, 0.05) is 18.8 Å². The van der Waals surface area contributed by atoms with Crippen molar-refractivity contribution in [2.24, 2.45) is 0 Å². The summed E-state index contributed by atoms with van der Waals surface area (Å²) in [7, 11) is -0.755. The van der Waals surface area contributed by atoms with E-state index < -0.39 is 16.1 Å². The van der Waals surface area contributed by atoms with Crippen molar-refractivity contribution in [1.29, 1.82) is 0 Å². The number of ether oxygens (including phenoxy) is 2. The van der Waals surface area contributed by atoms with Crippen molar-refractivity contribution in [3.05, 3.63) is 48.5 Å². The highest BCUT2D eigenvalue weighted by Crippen LogP contribution is 2.26. The number of nitrogens with one attached hydrogen (secondary N) is 1. The molecule has 0 fully saturated rings. The lowest BCUT2D eigenvalue weighted by Crippen LogP contribution is -2.26. The Labute approximate surface area is 147 Å². The van der Waals surface area contributed by atoms with E-state index in [4.69, 9.17) is 9.47 Å². The van der Waals surface area contributed by atoms with E-state index in [9.17, 15) is 13.2 Å². The molecule has 134 valence electrons. The summed E-state index contributed by atoms with van der Waals surface area (Å²) < 4.78 is 36.5. The van der Waals surface area contributed by atoms with E-state index in [1.165, 1.54) is 42.7 Å². The second-order valence-electron chi connectivity index (χ2n) is 5.04. The Morgan fingerprint density at radius 3 is 2.44 bits per heavy atom. The number of amides is 1. The Morgan fingerprint density at radius 1 is 1.16 bits per heavy atom. The predicted molar refractivity (Wildman–Crippen MR) is 95.7 cm³/mol. The molecule has 0 unspecified atom stereocenters. The molecule has 0 bridgehead atoms. The van der Waals surface area contributed by atoms with Crippen LogP contribution < -0.4 is 14.4 Å². The smallest absolute Gasteiger partial charge is 0.411 e. The van der Waals surface area contributed by atoms with Crippen molar-refractivity contribution < 1.29 is 22.7 Å². The van der Waals surface area contributed by atoms with E-state index >= 15 is 0 Å². The first-order valence-electron chi connectivity index (χ1n) is 7.55. The molecule has 0 atom stereocenters. The van der Waals surface area contributed by atoms with Crippen LogP contribution in [-0.4, -0.2) is 35.3 Å². The van der Waals surface area contributed by atoms with Crippen LogP contribution in [0.5, 0.6) is 5.75 Å². The quantitative estimate of drug-likeness (QED) is 0.851.